The number of rotatable bonds is 5. The molecule has 7 nitrogen and oxygen atoms in total. The van der Waals surface area contributed by atoms with Gasteiger partial charge in [0, 0.05) is 17.3 Å². The minimum Gasteiger partial charge on any atom is -0.336 e. The van der Waals surface area contributed by atoms with E-state index in [4.69, 9.17) is 4.52 Å². The lowest BCUT2D eigenvalue weighted by Gasteiger charge is -2.21. The number of amides is 2. The molecule has 0 bridgehead atoms. The van der Waals surface area contributed by atoms with Gasteiger partial charge in [-0.1, -0.05) is 38.3 Å². The van der Waals surface area contributed by atoms with Gasteiger partial charge in [0.05, 0.1) is 22.3 Å². The van der Waals surface area contributed by atoms with Crippen molar-refractivity contribution >= 4 is 34.3 Å². The zero-order valence-electron chi connectivity index (χ0n) is 18.5. The molecule has 1 aliphatic carbocycles. The van der Waals surface area contributed by atoms with Crippen LogP contribution in [0, 0.1) is 18.7 Å². The monoisotopic (exact) mass is 438 g/mol. The van der Waals surface area contributed by atoms with Crippen LogP contribution >= 0.6 is 0 Å². The summed E-state index contributed by atoms with van der Waals surface area (Å²) in [6.45, 7) is 5.69. The minimum atomic E-state index is -0.546. The highest BCUT2D eigenvalue weighted by Gasteiger charge is 2.23. The zero-order valence-corrected chi connectivity index (χ0v) is 18.5. The number of anilines is 2. The summed E-state index contributed by atoms with van der Waals surface area (Å²) in [5.41, 5.74) is 2.39. The van der Waals surface area contributed by atoms with E-state index in [-0.39, 0.29) is 29.3 Å². The van der Waals surface area contributed by atoms with Crippen molar-refractivity contribution in [3.05, 3.63) is 47.0 Å². The average Bonchev–Trinajstić information content (AvgIpc) is 3.16. The van der Waals surface area contributed by atoms with Crippen molar-refractivity contribution in [3.63, 3.8) is 0 Å². The van der Waals surface area contributed by atoms with Crippen molar-refractivity contribution < 1.29 is 18.5 Å². The number of carbonyl (C=O) groups is 2. The van der Waals surface area contributed by atoms with E-state index in [2.05, 4.69) is 20.8 Å². The van der Waals surface area contributed by atoms with Crippen molar-refractivity contribution in [2.24, 2.45) is 5.92 Å². The van der Waals surface area contributed by atoms with E-state index < -0.39 is 5.82 Å². The summed E-state index contributed by atoms with van der Waals surface area (Å²) < 4.78 is 19.6. The predicted molar refractivity (Wildman–Crippen MR) is 120 cm³/mol. The maximum atomic E-state index is 14.4. The molecule has 0 saturated heterocycles. The smallest absolute Gasteiger partial charge is 0.259 e. The van der Waals surface area contributed by atoms with Crippen LogP contribution in [0.3, 0.4) is 0 Å². The number of nitrogens with zero attached hydrogens (tertiary/aromatic N) is 2. The molecular formula is C24H27FN4O3. The summed E-state index contributed by atoms with van der Waals surface area (Å²) in [5.74, 6) is -1.12. The maximum absolute atomic E-state index is 14.4. The van der Waals surface area contributed by atoms with E-state index in [1.165, 1.54) is 18.2 Å². The number of carbonyl (C=O) groups excluding carboxylic acids is 2. The first-order chi connectivity index (χ1) is 15.3. The molecule has 1 aliphatic rings. The number of aryl methyl sites for hydroxylation is 1. The van der Waals surface area contributed by atoms with Gasteiger partial charge in [-0.2, -0.15) is 0 Å². The number of nitrogens with one attached hydrogen (secondary N) is 2. The second-order valence-electron chi connectivity index (χ2n) is 8.67. The molecule has 32 heavy (non-hydrogen) atoms. The molecule has 0 unspecified atom stereocenters. The van der Waals surface area contributed by atoms with Crippen LogP contribution < -0.4 is 10.6 Å². The lowest BCUT2D eigenvalue weighted by Crippen LogP contribution is -2.25. The Labute approximate surface area is 185 Å². The molecule has 2 amide bonds. The van der Waals surface area contributed by atoms with E-state index in [9.17, 15) is 14.0 Å². The van der Waals surface area contributed by atoms with Crippen LogP contribution in [-0.2, 0) is 4.79 Å². The van der Waals surface area contributed by atoms with Crippen LogP contribution in [0.25, 0.3) is 11.1 Å². The minimum absolute atomic E-state index is 0.0577. The molecule has 0 atom stereocenters. The number of fused-ring (bicyclic) bond motifs is 1. The number of halogens is 1. The van der Waals surface area contributed by atoms with Gasteiger partial charge >= 0.3 is 0 Å². The lowest BCUT2D eigenvalue weighted by atomic mass is 9.88. The fraction of sp³-hybridized carbons (Fsp3) is 0.417. The van der Waals surface area contributed by atoms with Gasteiger partial charge in [0.25, 0.3) is 11.6 Å². The summed E-state index contributed by atoms with van der Waals surface area (Å²) in [5, 5.41) is 9.97. The molecule has 168 valence electrons. The highest BCUT2D eigenvalue weighted by molar-refractivity contribution is 6.12. The Balaban J connectivity index is 1.58. The third kappa shape index (κ3) is 4.49. The largest absolute Gasteiger partial charge is 0.336 e. The molecule has 1 aromatic carbocycles. The van der Waals surface area contributed by atoms with E-state index in [1.54, 1.807) is 13.0 Å². The quantitative estimate of drug-likeness (QED) is 0.543. The molecule has 2 N–H and O–H groups in total. The Hall–Kier alpha value is -3.29. The van der Waals surface area contributed by atoms with Crippen molar-refractivity contribution in [3.8, 4) is 0 Å². The van der Waals surface area contributed by atoms with Crippen LogP contribution in [-0.4, -0.2) is 22.0 Å². The molecule has 1 saturated carbocycles. The Morgan fingerprint density at radius 2 is 1.88 bits per heavy atom. The Kier molecular flexibility index (Phi) is 6.21. The molecule has 1 fully saturated rings. The van der Waals surface area contributed by atoms with E-state index in [1.807, 2.05) is 13.8 Å². The Morgan fingerprint density at radius 1 is 1.12 bits per heavy atom. The van der Waals surface area contributed by atoms with Crippen LogP contribution in [0.2, 0.25) is 0 Å². The zero-order chi connectivity index (χ0) is 22.8. The van der Waals surface area contributed by atoms with Gasteiger partial charge < -0.3 is 15.2 Å². The number of aromatic nitrogens is 2. The second kappa shape index (κ2) is 9.06. The fourth-order valence-corrected chi connectivity index (χ4v) is 4.09. The van der Waals surface area contributed by atoms with E-state index in [0.29, 0.717) is 33.7 Å². The van der Waals surface area contributed by atoms with E-state index >= 15 is 0 Å². The number of pyridine rings is 1. The van der Waals surface area contributed by atoms with Gasteiger partial charge in [0.15, 0.2) is 0 Å². The first kappa shape index (κ1) is 21.9. The first-order valence-electron chi connectivity index (χ1n) is 11.0. The number of hydrogen-bond donors (Lipinski definition) is 2. The molecule has 4 rings (SSSR count). The van der Waals surface area contributed by atoms with E-state index in [0.717, 1.165) is 32.1 Å². The van der Waals surface area contributed by atoms with Gasteiger partial charge in [0.2, 0.25) is 5.91 Å². The number of benzene rings is 1. The lowest BCUT2D eigenvalue weighted by molar-refractivity contribution is -0.120. The molecule has 2 aromatic heterocycles. The van der Waals surface area contributed by atoms with Gasteiger partial charge in [-0.15, -0.1) is 0 Å². The summed E-state index contributed by atoms with van der Waals surface area (Å²) in [6, 6.07) is 5.86. The molecule has 8 heteroatoms. The molecule has 2 heterocycles. The van der Waals surface area contributed by atoms with Crippen LogP contribution in [0.15, 0.2) is 28.8 Å². The van der Waals surface area contributed by atoms with Crippen LogP contribution in [0.5, 0.6) is 0 Å². The molecule has 0 aliphatic heterocycles. The number of hydrogen-bond acceptors (Lipinski definition) is 5. The molecule has 0 radical (unpaired) electrons. The highest BCUT2D eigenvalue weighted by Crippen LogP contribution is 2.28. The fourth-order valence-electron chi connectivity index (χ4n) is 4.09. The highest BCUT2D eigenvalue weighted by atomic mass is 19.1. The first-order valence-corrected chi connectivity index (χ1v) is 11.0. The summed E-state index contributed by atoms with van der Waals surface area (Å²) in [7, 11) is 0. The molecular weight excluding hydrogens is 411 g/mol. The standard InChI is InChI=1S/C24H27FN4O3/c1-13(2)19-12-17(21-14(3)29-32-24(21)28-19)23(31)26-16-9-10-18(25)20(11-16)27-22(30)15-7-5-4-6-8-15/h9-13,15H,4-8H2,1-3H3,(H,26,31)(H,27,30). The van der Waals surface area contributed by atoms with Crippen molar-refractivity contribution in [2.45, 2.75) is 58.8 Å². The van der Waals surface area contributed by atoms with Crippen molar-refractivity contribution in [1.82, 2.24) is 10.1 Å². The van der Waals surface area contributed by atoms with Crippen molar-refractivity contribution in [1.29, 1.82) is 0 Å². The Morgan fingerprint density at radius 3 is 2.59 bits per heavy atom. The van der Waals surface area contributed by atoms with Gasteiger partial charge in [-0.05, 0) is 49.9 Å². The third-order valence-corrected chi connectivity index (χ3v) is 5.93. The summed E-state index contributed by atoms with van der Waals surface area (Å²) >= 11 is 0. The maximum Gasteiger partial charge on any atom is 0.259 e. The topological polar surface area (TPSA) is 97.1 Å². The normalized spacial score (nSPS) is 14.7. The second-order valence-corrected chi connectivity index (χ2v) is 8.67. The Bertz CT molecular complexity index is 1170. The van der Waals surface area contributed by atoms with Crippen LogP contribution in [0.4, 0.5) is 15.8 Å². The SMILES string of the molecule is Cc1noc2nc(C(C)C)cc(C(=O)Nc3ccc(F)c(NC(=O)C4CCCCC4)c3)c12. The van der Waals surface area contributed by atoms with Crippen LogP contribution in [0.1, 0.15) is 73.6 Å². The summed E-state index contributed by atoms with van der Waals surface area (Å²) in [4.78, 5) is 30.1. The average molecular weight is 439 g/mol. The third-order valence-electron chi connectivity index (χ3n) is 5.93. The van der Waals surface area contributed by atoms with Gasteiger partial charge in [-0.25, -0.2) is 9.37 Å². The predicted octanol–water partition coefficient (Wildman–Crippen LogP) is 5.56. The van der Waals surface area contributed by atoms with Gasteiger partial charge in [-0.3, -0.25) is 9.59 Å². The van der Waals surface area contributed by atoms with Crippen molar-refractivity contribution in [2.75, 3.05) is 10.6 Å². The van der Waals surface area contributed by atoms with Gasteiger partial charge in [0.1, 0.15) is 5.82 Å². The molecule has 0 spiro atoms. The summed E-state index contributed by atoms with van der Waals surface area (Å²) in [6.07, 6.45) is 4.79. The molecule has 3 aromatic rings.